The molecule has 1 atom stereocenters. The number of carbonyl (C=O) groups excluding carboxylic acids is 1. The van der Waals surface area contributed by atoms with Gasteiger partial charge in [0.2, 0.25) is 6.79 Å². The molecule has 0 bridgehead atoms. The highest BCUT2D eigenvalue weighted by atomic mass is 79.9. The highest BCUT2D eigenvalue weighted by Gasteiger charge is 2.36. The van der Waals surface area contributed by atoms with E-state index in [0.29, 0.717) is 37.8 Å². The highest BCUT2D eigenvalue weighted by molar-refractivity contribution is 9.10. The molecule has 0 spiro atoms. The van der Waals surface area contributed by atoms with E-state index in [1.807, 2.05) is 54.6 Å². The second-order valence-corrected chi connectivity index (χ2v) is 10.9. The summed E-state index contributed by atoms with van der Waals surface area (Å²) in [6.45, 7) is 2.02. The molecule has 0 unspecified atom stereocenters. The molecule has 0 fully saturated rings. The van der Waals surface area contributed by atoms with Crippen LogP contribution in [0.5, 0.6) is 17.2 Å². The van der Waals surface area contributed by atoms with Gasteiger partial charge in [-0.3, -0.25) is 9.36 Å². The fourth-order valence-corrected chi connectivity index (χ4v) is 6.17. The SMILES string of the molecule is CCOC(=O)C1=C(c2ccccc2)N=c2s/c(=C\c3cc(Br)ccc3OC)c(=O)n2[C@H]1c1ccc2c(c1)OCO2. The van der Waals surface area contributed by atoms with E-state index < -0.39 is 12.0 Å². The van der Waals surface area contributed by atoms with Crippen molar-refractivity contribution in [3.8, 4) is 17.2 Å². The van der Waals surface area contributed by atoms with Crippen LogP contribution < -0.4 is 29.1 Å². The van der Waals surface area contributed by atoms with Gasteiger partial charge in [0.25, 0.3) is 5.56 Å². The minimum Gasteiger partial charge on any atom is -0.496 e. The lowest BCUT2D eigenvalue weighted by Gasteiger charge is -2.26. The van der Waals surface area contributed by atoms with Gasteiger partial charge in [-0.15, -0.1) is 0 Å². The van der Waals surface area contributed by atoms with Gasteiger partial charge >= 0.3 is 5.97 Å². The number of rotatable bonds is 6. The zero-order chi connectivity index (χ0) is 27.8. The molecule has 0 saturated carbocycles. The number of ether oxygens (including phenoxy) is 4. The number of methoxy groups -OCH3 is 1. The normalized spacial score (nSPS) is 16.0. The first kappa shape index (κ1) is 26.1. The molecule has 0 radical (unpaired) electrons. The molecular weight excluding hydrogens is 596 g/mol. The number of hydrogen-bond donors (Lipinski definition) is 0. The fraction of sp³-hybridized carbons (Fsp3) is 0.167. The largest absolute Gasteiger partial charge is 0.496 e. The van der Waals surface area contributed by atoms with Crippen molar-refractivity contribution in [2.24, 2.45) is 4.99 Å². The van der Waals surface area contributed by atoms with Crippen molar-refractivity contribution in [2.75, 3.05) is 20.5 Å². The van der Waals surface area contributed by atoms with Crippen LogP contribution >= 0.6 is 27.3 Å². The van der Waals surface area contributed by atoms with Crippen molar-refractivity contribution in [2.45, 2.75) is 13.0 Å². The molecule has 1 aromatic heterocycles. The van der Waals surface area contributed by atoms with Gasteiger partial charge in [0.05, 0.1) is 35.6 Å². The van der Waals surface area contributed by atoms with E-state index in [2.05, 4.69) is 15.9 Å². The molecule has 40 heavy (non-hydrogen) atoms. The van der Waals surface area contributed by atoms with Gasteiger partial charge in [-0.05, 0) is 48.9 Å². The number of fused-ring (bicyclic) bond motifs is 2. The summed E-state index contributed by atoms with van der Waals surface area (Å²) >= 11 is 4.74. The van der Waals surface area contributed by atoms with Crippen molar-refractivity contribution < 1.29 is 23.7 Å². The summed E-state index contributed by atoms with van der Waals surface area (Å²) in [5, 5.41) is 0. The van der Waals surface area contributed by atoms with Crippen LogP contribution in [0.4, 0.5) is 0 Å². The van der Waals surface area contributed by atoms with Crippen molar-refractivity contribution in [3.63, 3.8) is 0 Å². The molecular formula is C30H23BrN2O6S. The molecule has 0 amide bonds. The maximum atomic E-state index is 14.1. The quantitative estimate of drug-likeness (QED) is 0.297. The second kappa shape index (κ2) is 10.8. The first-order valence-corrected chi connectivity index (χ1v) is 14.1. The van der Waals surface area contributed by atoms with Crippen molar-refractivity contribution in [1.29, 1.82) is 0 Å². The van der Waals surface area contributed by atoms with E-state index in [0.717, 1.165) is 15.6 Å². The summed E-state index contributed by atoms with van der Waals surface area (Å²) in [5.74, 6) is 1.22. The van der Waals surface area contributed by atoms with Crippen LogP contribution in [0.15, 0.2) is 86.6 Å². The Labute approximate surface area is 241 Å². The Bertz CT molecular complexity index is 1840. The number of esters is 1. The number of nitrogens with zero attached hydrogens (tertiary/aromatic N) is 2. The molecule has 202 valence electrons. The van der Waals surface area contributed by atoms with Crippen LogP contribution in [0.25, 0.3) is 11.8 Å². The predicted molar refractivity (Wildman–Crippen MR) is 154 cm³/mol. The topological polar surface area (TPSA) is 88.4 Å². The first-order valence-electron chi connectivity index (χ1n) is 12.5. The molecule has 3 aromatic carbocycles. The minimum atomic E-state index is -0.813. The molecule has 4 aromatic rings. The zero-order valence-electron chi connectivity index (χ0n) is 21.5. The second-order valence-electron chi connectivity index (χ2n) is 8.93. The molecule has 2 aliphatic heterocycles. The third-order valence-corrected chi connectivity index (χ3v) is 8.04. The third-order valence-electron chi connectivity index (χ3n) is 6.56. The van der Waals surface area contributed by atoms with Gasteiger partial charge in [0.15, 0.2) is 16.3 Å². The molecule has 6 rings (SSSR count). The predicted octanol–water partition coefficient (Wildman–Crippen LogP) is 4.44. The van der Waals surface area contributed by atoms with Crippen LogP contribution in [0.2, 0.25) is 0 Å². The van der Waals surface area contributed by atoms with Crippen molar-refractivity contribution >= 4 is 45.0 Å². The van der Waals surface area contributed by atoms with Crippen molar-refractivity contribution in [1.82, 2.24) is 4.57 Å². The van der Waals surface area contributed by atoms with Gasteiger partial charge in [0.1, 0.15) is 5.75 Å². The molecule has 2 aliphatic rings. The Balaban J connectivity index is 1.66. The lowest BCUT2D eigenvalue weighted by molar-refractivity contribution is -0.138. The Hall–Kier alpha value is -4.15. The summed E-state index contributed by atoms with van der Waals surface area (Å²) in [5.41, 5.74) is 2.57. The summed E-state index contributed by atoms with van der Waals surface area (Å²) in [7, 11) is 1.58. The smallest absolute Gasteiger partial charge is 0.338 e. The van der Waals surface area contributed by atoms with Crippen LogP contribution in [0, 0.1) is 0 Å². The summed E-state index contributed by atoms with van der Waals surface area (Å²) in [6.07, 6.45) is 1.78. The molecule has 10 heteroatoms. The molecule has 8 nitrogen and oxygen atoms in total. The summed E-state index contributed by atoms with van der Waals surface area (Å²) in [6, 6.07) is 19.6. The van der Waals surface area contributed by atoms with Gasteiger partial charge in [0, 0.05) is 15.6 Å². The average molecular weight is 619 g/mol. The summed E-state index contributed by atoms with van der Waals surface area (Å²) < 4.78 is 25.0. The number of hydrogen-bond acceptors (Lipinski definition) is 8. The maximum absolute atomic E-state index is 14.1. The van der Waals surface area contributed by atoms with E-state index in [1.54, 1.807) is 36.8 Å². The molecule has 0 N–H and O–H groups in total. The van der Waals surface area contributed by atoms with E-state index in [4.69, 9.17) is 23.9 Å². The van der Waals surface area contributed by atoms with E-state index in [-0.39, 0.29) is 24.5 Å². The van der Waals surface area contributed by atoms with Crippen LogP contribution in [-0.2, 0) is 9.53 Å². The van der Waals surface area contributed by atoms with Gasteiger partial charge in [-0.1, -0.05) is 63.7 Å². The number of benzene rings is 3. The number of aromatic nitrogens is 1. The minimum absolute atomic E-state index is 0.103. The highest BCUT2D eigenvalue weighted by Crippen LogP contribution is 2.40. The van der Waals surface area contributed by atoms with E-state index >= 15 is 0 Å². The fourth-order valence-electron chi connectivity index (χ4n) is 4.80. The number of halogens is 1. The van der Waals surface area contributed by atoms with Crippen LogP contribution in [0.3, 0.4) is 0 Å². The summed E-state index contributed by atoms with van der Waals surface area (Å²) in [4.78, 5) is 33.0. The van der Waals surface area contributed by atoms with Gasteiger partial charge in [-0.25, -0.2) is 9.79 Å². The monoisotopic (exact) mass is 618 g/mol. The first-order chi connectivity index (χ1) is 19.5. The van der Waals surface area contributed by atoms with E-state index in [9.17, 15) is 9.59 Å². The lowest BCUT2D eigenvalue weighted by atomic mass is 9.93. The standard InChI is InChI=1S/C30H23BrN2O6S/c1-3-37-29(35)25-26(17-7-5-4-6-8-17)32-30-33(27(25)18-9-11-22-23(14-18)39-16-38-22)28(34)24(40-30)15-19-13-20(31)10-12-21(19)36-2/h4-15,27H,3,16H2,1-2H3/b24-15-/t27-/m0/s1. The Kier molecular flexibility index (Phi) is 7.03. The number of carbonyl (C=O) groups is 1. The maximum Gasteiger partial charge on any atom is 0.338 e. The van der Waals surface area contributed by atoms with Gasteiger partial charge < -0.3 is 18.9 Å². The Morgan fingerprint density at radius 3 is 2.70 bits per heavy atom. The lowest BCUT2D eigenvalue weighted by Crippen LogP contribution is -2.40. The van der Waals surface area contributed by atoms with Crippen molar-refractivity contribution in [3.05, 3.63) is 113 Å². The van der Waals surface area contributed by atoms with Crippen LogP contribution in [-0.4, -0.2) is 31.0 Å². The van der Waals surface area contributed by atoms with E-state index in [1.165, 1.54) is 11.3 Å². The van der Waals surface area contributed by atoms with Gasteiger partial charge in [-0.2, -0.15) is 0 Å². The third kappa shape index (κ3) is 4.63. The van der Waals surface area contributed by atoms with Crippen LogP contribution in [0.1, 0.15) is 29.7 Å². The Morgan fingerprint density at radius 2 is 1.93 bits per heavy atom. The average Bonchev–Trinajstić information content (AvgIpc) is 3.56. The Morgan fingerprint density at radius 1 is 1.12 bits per heavy atom. The molecule has 0 aliphatic carbocycles. The molecule has 3 heterocycles. The number of thiazole rings is 1. The molecule has 0 saturated heterocycles. The zero-order valence-corrected chi connectivity index (χ0v) is 24.0.